The van der Waals surface area contributed by atoms with Crippen LogP contribution in [0.2, 0.25) is 0 Å². The van der Waals surface area contributed by atoms with Gasteiger partial charge in [0.1, 0.15) is 0 Å². The fraction of sp³-hybridized carbons (Fsp3) is 0. The molecule has 0 unspecified atom stereocenters. The Bertz CT molecular complexity index is 157. The summed E-state index contributed by atoms with van der Waals surface area (Å²) in [5, 5.41) is 0. The van der Waals surface area contributed by atoms with Crippen LogP contribution in [0.25, 0.3) is 0 Å². The normalized spacial score (nSPS) is 5.33. The number of rotatable bonds is 0. The molecule has 0 aliphatic heterocycles. The van der Waals surface area contributed by atoms with Crippen molar-refractivity contribution in [3.05, 3.63) is 60.7 Å². The summed E-state index contributed by atoms with van der Waals surface area (Å²) < 4.78 is 0. The van der Waals surface area contributed by atoms with Crippen LogP contribution in [0.3, 0.4) is 0 Å². The van der Waals surface area contributed by atoms with Gasteiger partial charge in [-0.25, -0.2) is 12.1 Å². The maximum absolute atomic E-state index is 2.00. The summed E-state index contributed by atoms with van der Waals surface area (Å²) in [5.74, 6) is 0. The summed E-state index contributed by atoms with van der Waals surface area (Å²) in [4.78, 5) is 0. The van der Waals surface area contributed by atoms with Gasteiger partial charge in [0, 0.05) is 21.7 Å². The summed E-state index contributed by atoms with van der Waals surface area (Å²) in [7, 11) is 0. The fourth-order valence-electron chi connectivity index (χ4n) is 0.642. The maximum Gasteiger partial charge on any atom is 0 e. The van der Waals surface area contributed by atoms with Gasteiger partial charge in [-0.2, -0.15) is 18.2 Å². The van der Waals surface area contributed by atoms with Gasteiger partial charge in [0.25, 0.3) is 0 Å². The molecule has 92 valence electrons. The van der Waals surface area contributed by atoms with E-state index in [1.165, 1.54) is 0 Å². The van der Waals surface area contributed by atoms with E-state index in [9.17, 15) is 0 Å². The molecular formula is C10H14Cl4Ti-6. The van der Waals surface area contributed by atoms with Gasteiger partial charge in [-0.1, -0.05) is 0 Å². The van der Waals surface area contributed by atoms with Crippen molar-refractivity contribution in [1.82, 2.24) is 0 Å². The number of hydrogen-bond acceptors (Lipinski definition) is 0. The molecule has 0 heterocycles. The van der Waals surface area contributed by atoms with E-state index in [1.54, 1.807) is 0 Å². The number of hydrogen-bond donors (Lipinski definition) is 0. The minimum Gasteiger partial charge on any atom is -0.748 e. The monoisotopic (exact) mass is 322 g/mol. The molecule has 0 aromatic heterocycles. The molecular weight excluding hydrogens is 310 g/mol. The van der Waals surface area contributed by atoms with Crippen molar-refractivity contribution in [2.24, 2.45) is 0 Å². The van der Waals surface area contributed by atoms with Crippen molar-refractivity contribution in [1.29, 1.82) is 0 Å². The predicted octanol–water partition coefficient (Wildman–Crippen LogP) is 4.50. The molecule has 2 rings (SSSR count). The third-order valence-electron chi connectivity index (χ3n) is 1.11. The molecule has 15 heavy (non-hydrogen) atoms. The van der Waals surface area contributed by atoms with Crippen molar-refractivity contribution in [2.45, 2.75) is 0 Å². The molecule has 0 aliphatic rings. The molecule has 0 saturated carbocycles. The molecule has 0 nitrogen and oxygen atoms in total. The van der Waals surface area contributed by atoms with Crippen molar-refractivity contribution >= 4 is 49.6 Å². The van der Waals surface area contributed by atoms with E-state index in [0.717, 1.165) is 0 Å². The summed E-state index contributed by atoms with van der Waals surface area (Å²) in [6, 6.07) is 20.0. The molecule has 5 heteroatoms. The van der Waals surface area contributed by atoms with Gasteiger partial charge >= 0.3 is 0 Å². The summed E-state index contributed by atoms with van der Waals surface area (Å²) >= 11 is 0. The van der Waals surface area contributed by atoms with Crippen LogP contribution in [-0.4, -0.2) is 0 Å². The van der Waals surface area contributed by atoms with Crippen molar-refractivity contribution in [2.75, 3.05) is 0 Å². The first-order chi connectivity index (χ1) is 5.00. The smallest absolute Gasteiger partial charge is 0 e. The molecule has 2 aromatic rings. The first-order valence-corrected chi connectivity index (χ1v) is 3.33. The van der Waals surface area contributed by atoms with E-state index >= 15 is 0 Å². The second-order valence-corrected chi connectivity index (χ2v) is 1.92. The Morgan fingerprint density at radius 1 is 0.533 bits per heavy atom. The van der Waals surface area contributed by atoms with E-state index < -0.39 is 0 Å². The number of halogens is 4. The molecule has 2 aromatic carbocycles. The van der Waals surface area contributed by atoms with Gasteiger partial charge in [-0.15, -0.1) is 49.6 Å². The van der Waals surface area contributed by atoms with Gasteiger partial charge in [0.15, 0.2) is 0 Å². The molecule has 0 spiro atoms. The predicted molar refractivity (Wildman–Crippen MR) is 73.1 cm³/mol. The standard InChI is InChI=1S/2C5H5.4ClH.Ti/c2*1-2-4-5-3-1;;;;;/h2*1-5H;4*1H;/q-5;-1;;;;;. The average Bonchev–Trinajstić information content (AvgIpc) is 2.67. The zero-order valence-electron chi connectivity index (χ0n) is 7.91. The Labute approximate surface area is 131 Å². The second kappa shape index (κ2) is 24.0. The van der Waals surface area contributed by atoms with Gasteiger partial charge < -0.3 is 30.3 Å². The molecule has 0 N–H and O–H groups in total. The van der Waals surface area contributed by atoms with Gasteiger partial charge in [-0.3, -0.25) is 0 Å². The molecule has 0 atom stereocenters. The molecule has 0 aliphatic carbocycles. The Morgan fingerprint density at radius 2 is 0.800 bits per heavy atom. The summed E-state index contributed by atoms with van der Waals surface area (Å²) in [6.45, 7) is 0. The Balaban J connectivity index is -0.0000000333. The summed E-state index contributed by atoms with van der Waals surface area (Å²) in [6.07, 6.45) is 0. The van der Waals surface area contributed by atoms with E-state index in [4.69, 9.17) is 0 Å². The van der Waals surface area contributed by atoms with E-state index in [1.807, 2.05) is 60.7 Å². The molecule has 0 amide bonds. The van der Waals surface area contributed by atoms with Gasteiger partial charge in [0.05, 0.1) is 0 Å². The Morgan fingerprint density at radius 3 is 0.933 bits per heavy atom. The van der Waals surface area contributed by atoms with Crippen molar-refractivity contribution < 1.29 is 21.7 Å². The Kier molecular flexibility index (Phi) is 47.4. The van der Waals surface area contributed by atoms with E-state index in [-0.39, 0.29) is 71.3 Å². The molecule has 0 saturated heterocycles. The third kappa shape index (κ3) is 20.6. The van der Waals surface area contributed by atoms with Crippen LogP contribution in [0, 0.1) is 0 Å². The fourth-order valence-corrected chi connectivity index (χ4v) is 0.642. The van der Waals surface area contributed by atoms with Crippen LogP contribution >= 0.6 is 49.6 Å². The van der Waals surface area contributed by atoms with Crippen LogP contribution in [0.15, 0.2) is 60.7 Å². The van der Waals surface area contributed by atoms with Crippen LogP contribution in [0.4, 0.5) is 0 Å². The van der Waals surface area contributed by atoms with E-state index in [0.29, 0.717) is 0 Å². The zero-order valence-corrected chi connectivity index (χ0v) is 12.7. The quantitative estimate of drug-likeness (QED) is 0.495. The van der Waals surface area contributed by atoms with Crippen LogP contribution in [0.5, 0.6) is 0 Å². The Hall–Kier alpha value is 0.574. The molecule has 0 radical (unpaired) electrons. The third-order valence-corrected chi connectivity index (χ3v) is 1.11. The zero-order chi connectivity index (χ0) is 7.07. The summed E-state index contributed by atoms with van der Waals surface area (Å²) in [5.41, 5.74) is 0. The topological polar surface area (TPSA) is 0 Å². The largest absolute Gasteiger partial charge is 0.748 e. The van der Waals surface area contributed by atoms with Crippen LogP contribution < -0.4 is 0 Å². The van der Waals surface area contributed by atoms with Gasteiger partial charge in [-0.05, 0) is 0 Å². The van der Waals surface area contributed by atoms with Crippen LogP contribution in [0.1, 0.15) is 0 Å². The van der Waals surface area contributed by atoms with Crippen LogP contribution in [-0.2, 0) is 21.7 Å². The van der Waals surface area contributed by atoms with Gasteiger partial charge in [0.2, 0.25) is 0 Å². The average molecular weight is 324 g/mol. The minimum atomic E-state index is 0. The first-order valence-electron chi connectivity index (χ1n) is 3.33. The van der Waals surface area contributed by atoms with Crippen molar-refractivity contribution in [3.63, 3.8) is 0 Å². The first kappa shape index (κ1) is 29.6. The molecule has 0 fully saturated rings. The second-order valence-electron chi connectivity index (χ2n) is 1.92. The minimum absolute atomic E-state index is 0. The maximum atomic E-state index is 2.00. The SMILES string of the molecule is Cl.Cl.Cl.Cl.[Ti].[cH-]1[cH-][cH-][cH-][cH-]1.c1cc[cH-]c1. The molecule has 0 bridgehead atoms. The van der Waals surface area contributed by atoms with Crippen molar-refractivity contribution in [3.8, 4) is 0 Å². The van der Waals surface area contributed by atoms with E-state index in [2.05, 4.69) is 0 Å².